The van der Waals surface area contributed by atoms with E-state index in [0.717, 1.165) is 35.1 Å². The number of carbonyl (C=O) groups is 2. The van der Waals surface area contributed by atoms with Crippen LogP contribution in [0.1, 0.15) is 94.6 Å². The highest BCUT2D eigenvalue weighted by Gasteiger charge is 2.42. The Labute approximate surface area is 336 Å². The van der Waals surface area contributed by atoms with Crippen molar-refractivity contribution in [3.8, 4) is 0 Å². The zero-order valence-electron chi connectivity index (χ0n) is 32.0. The van der Waals surface area contributed by atoms with Gasteiger partial charge in [0.15, 0.2) is 11.6 Å². The van der Waals surface area contributed by atoms with E-state index in [1.165, 1.54) is 0 Å². The van der Waals surface area contributed by atoms with Gasteiger partial charge in [-0.3, -0.25) is 9.59 Å². The molecule has 0 heterocycles. The van der Waals surface area contributed by atoms with E-state index in [9.17, 15) is 9.59 Å². The third-order valence-electron chi connectivity index (χ3n) is 11.5. The molecule has 0 saturated carbocycles. The lowest BCUT2D eigenvalue weighted by molar-refractivity contribution is -0.0840. The number of hydrogen-bond acceptors (Lipinski definition) is 3. The van der Waals surface area contributed by atoms with E-state index < -0.39 is 10.8 Å². The monoisotopic (exact) mass is 766 g/mol. The van der Waals surface area contributed by atoms with E-state index in [-0.39, 0.29) is 23.8 Å². The summed E-state index contributed by atoms with van der Waals surface area (Å²) in [7, 11) is 0. The standard InChI is InChI=1S/C50H48Cl2O3/c1-5-49(3,41-23-27-43(51)28-24-41)45(33-35-15-13-21-39(31-35)47(53)37-17-9-7-10-18-37)55-46(50(4,6-2)42-25-29-44(52)30-26-42)34-36-16-14-22-40(32-36)48(54)38-19-11-8-12-20-38/h7-32,45-46H,5-6,33-34H2,1-4H3. The first-order valence-corrected chi connectivity index (χ1v) is 19.8. The van der Waals surface area contributed by atoms with Crippen molar-refractivity contribution in [1.82, 2.24) is 0 Å². The maximum Gasteiger partial charge on any atom is 0.193 e. The smallest absolute Gasteiger partial charge is 0.193 e. The fourth-order valence-corrected chi connectivity index (χ4v) is 7.81. The second kappa shape index (κ2) is 17.8. The molecule has 4 unspecified atom stereocenters. The minimum absolute atomic E-state index is 0.0139. The van der Waals surface area contributed by atoms with Crippen LogP contribution in [0.4, 0.5) is 0 Å². The Morgan fingerprint density at radius 3 is 1.18 bits per heavy atom. The van der Waals surface area contributed by atoms with E-state index in [2.05, 4.69) is 64.1 Å². The molecule has 4 atom stereocenters. The fraction of sp³-hybridized carbons (Fsp3) is 0.240. The molecule has 6 aromatic carbocycles. The average Bonchev–Trinajstić information content (AvgIpc) is 3.23. The summed E-state index contributed by atoms with van der Waals surface area (Å²) in [5.74, 6) is -0.0278. The first-order chi connectivity index (χ1) is 26.5. The predicted octanol–water partition coefficient (Wildman–Crippen LogP) is 12.7. The lowest BCUT2D eigenvalue weighted by atomic mass is 9.71. The number of carbonyl (C=O) groups excluding carboxylic acids is 2. The summed E-state index contributed by atoms with van der Waals surface area (Å²) >= 11 is 12.8. The van der Waals surface area contributed by atoms with E-state index in [1.807, 2.05) is 121 Å². The van der Waals surface area contributed by atoms with E-state index >= 15 is 0 Å². The molecule has 5 heteroatoms. The van der Waals surface area contributed by atoms with Crippen molar-refractivity contribution in [2.75, 3.05) is 0 Å². The molecule has 6 aromatic rings. The van der Waals surface area contributed by atoms with Crippen molar-refractivity contribution in [2.24, 2.45) is 0 Å². The van der Waals surface area contributed by atoms with Gasteiger partial charge < -0.3 is 4.74 Å². The summed E-state index contributed by atoms with van der Waals surface area (Å²) in [4.78, 5) is 27.2. The van der Waals surface area contributed by atoms with Crippen molar-refractivity contribution in [3.63, 3.8) is 0 Å². The van der Waals surface area contributed by atoms with Crippen LogP contribution in [0.15, 0.2) is 158 Å². The zero-order chi connectivity index (χ0) is 39.0. The number of ether oxygens (including phenoxy) is 1. The number of benzene rings is 6. The number of hydrogen-bond donors (Lipinski definition) is 0. The first kappa shape index (κ1) is 39.9. The summed E-state index contributed by atoms with van der Waals surface area (Å²) in [6, 6.07) is 50.8. The van der Waals surface area contributed by atoms with Crippen LogP contribution < -0.4 is 0 Å². The average molecular weight is 768 g/mol. The van der Waals surface area contributed by atoms with Crippen LogP contribution in [0.3, 0.4) is 0 Å². The second-order valence-electron chi connectivity index (χ2n) is 14.9. The van der Waals surface area contributed by atoms with Gasteiger partial charge in [-0.1, -0.05) is 172 Å². The summed E-state index contributed by atoms with van der Waals surface area (Å²) < 4.78 is 7.67. The topological polar surface area (TPSA) is 43.4 Å². The lowest BCUT2D eigenvalue weighted by Crippen LogP contribution is -2.48. The van der Waals surface area contributed by atoms with Crippen molar-refractivity contribution in [1.29, 1.82) is 0 Å². The maximum atomic E-state index is 13.6. The van der Waals surface area contributed by atoms with Gasteiger partial charge in [-0.2, -0.15) is 0 Å². The predicted molar refractivity (Wildman–Crippen MR) is 227 cm³/mol. The van der Waals surface area contributed by atoms with Crippen LogP contribution in [0.5, 0.6) is 0 Å². The zero-order valence-corrected chi connectivity index (χ0v) is 33.5. The van der Waals surface area contributed by atoms with Crippen LogP contribution in [-0.4, -0.2) is 23.8 Å². The normalized spacial score (nSPS) is 14.7. The Morgan fingerprint density at radius 1 is 0.491 bits per heavy atom. The third kappa shape index (κ3) is 9.19. The molecular formula is C50H48Cl2O3. The Kier molecular flexibility index (Phi) is 12.9. The highest BCUT2D eigenvalue weighted by atomic mass is 35.5. The van der Waals surface area contributed by atoms with E-state index in [1.54, 1.807) is 0 Å². The molecule has 0 saturated heterocycles. The van der Waals surface area contributed by atoms with Crippen LogP contribution in [0.2, 0.25) is 10.0 Å². The minimum atomic E-state index is -0.442. The van der Waals surface area contributed by atoms with Gasteiger partial charge in [-0.05, 0) is 84.3 Å². The van der Waals surface area contributed by atoms with Crippen molar-refractivity contribution in [3.05, 3.63) is 212 Å². The van der Waals surface area contributed by atoms with E-state index in [4.69, 9.17) is 27.9 Å². The molecule has 0 fully saturated rings. The molecule has 6 rings (SSSR count). The van der Waals surface area contributed by atoms with E-state index in [0.29, 0.717) is 45.1 Å². The van der Waals surface area contributed by atoms with Crippen LogP contribution >= 0.6 is 23.2 Å². The summed E-state index contributed by atoms with van der Waals surface area (Å²) in [5.41, 5.74) is 5.98. The largest absolute Gasteiger partial charge is 0.372 e. The summed E-state index contributed by atoms with van der Waals surface area (Å²) in [5, 5.41) is 1.35. The van der Waals surface area contributed by atoms with Gasteiger partial charge in [0.25, 0.3) is 0 Å². The molecule has 0 aliphatic carbocycles. The van der Waals surface area contributed by atoms with Gasteiger partial charge in [0, 0.05) is 43.1 Å². The van der Waals surface area contributed by atoms with Crippen LogP contribution in [-0.2, 0) is 28.4 Å². The number of halogens is 2. The van der Waals surface area contributed by atoms with Crippen molar-refractivity contribution in [2.45, 2.75) is 76.4 Å². The maximum absolute atomic E-state index is 13.6. The Morgan fingerprint density at radius 2 is 0.836 bits per heavy atom. The molecule has 0 aromatic heterocycles. The van der Waals surface area contributed by atoms with Gasteiger partial charge in [0.05, 0.1) is 12.2 Å². The van der Waals surface area contributed by atoms with Gasteiger partial charge in [-0.15, -0.1) is 0 Å². The fourth-order valence-electron chi connectivity index (χ4n) is 7.56. The molecule has 3 nitrogen and oxygen atoms in total. The minimum Gasteiger partial charge on any atom is -0.372 e. The summed E-state index contributed by atoms with van der Waals surface area (Å²) in [6.45, 7) is 8.93. The highest BCUT2D eigenvalue weighted by Crippen LogP contribution is 2.42. The number of rotatable bonds is 16. The molecule has 0 radical (unpaired) electrons. The molecule has 0 aliphatic rings. The molecule has 0 aliphatic heterocycles. The van der Waals surface area contributed by atoms with Crippen molar-refractivity contribution >= 4 is 34.8 Å². The Balaban J connectivity index is 1.45. The van der Waals surface area contributed by atoms with Crippen molar-refractivity contribution < 1.29 is 14.3 Å². The Bertz CT molecular complexity index is 2040. The van der Waals surface area contributed by atoms with Crippen LogP contribution in [0.25, 0.3) is 0 Å². The van der Waals surface area contributed by atoms with Gasteiger partial charge in [0.1, 0.15) is 0 Å². The molecule has 55 heavy (non-hydrogen) atoms. The van der Waals surface area contributed by atoms with Crippen LogP contribution in [0, 0.1) is 0 Å². The molecular weight excluding hydrogens is 719 g/mol. The molecule has 280 valence electrons. The molecule has 0 amide bonds. The lowest BCUT2D eigenvalue weighted by Gasteiger charge is -2.45. The highest BCUT2D eigenvalue weighted by molar-refractivity contribution is 6.30. The molecule has 0 N–H and O–H groups in total. The van der Waals surface area contributed by atoms with Gasteiger partial charge >= 0.3 is 0 Å². The number of ketones is 2. The Hall–Kier alpha value is -4.80. The molecule has 0 bridgehead atoms. The SMILES string of the molecule is CCC(C)(c1ccc(Cl)cc1)C(Cc1cccc(C(=O)c2ccccc2)c1)OC(Cc1cccc(C(=O)c2ccccc2)c1)C(C)(CC)c1ccc(Cl)cc1. The third-order valence-corrected chi connectivity index (χ3v) is 12.0. The first-order valence-electron chi connectivity index (χ1n) is 19.1. The van der Waals surface area contributed by atoms with Gasteiger partial charge in [0.2, 0.25) is 0 Å². The van der Waals surface area contributed by atoms with Gasteiger partial charge in [-0.25, -0.2) is 0 Å². The molecule has 0 spiro atoms. The quantitative estimate of drug-likeness (QED) is 0.0921. The summed E-state index contributed by atoms with van der Waals surface area (Å²) in [6.07, 6.45) is 2.06. The second-order valence-corrected chi connectivity index (χ2v) is 15.7.